The fourth-order valence-corrected chi connectivity index (χ4v) is 0.870. The van der Waals surface area contributed by atoms with E-state index in [9.17, 15) is 0 Å². The van der Waals surface area contributed by atoms with E-state index in [1.807, 2.05) is 0 Å². The first-order chi connectivity index (χ1) is 6.09. The zero-order valence-electron chi connectivity index (χ0n) is 6.88. The van der Waals surface area contributed by atoms with E-state index >= 15 is 0 Å². The van der Waals surface area contributed by atoms with E-state index in [4.69, 9.17) is 21.5 Å². The number of guanidine groups is 1. The van der Waals surface area contributed by atoms with E-state index < -0.39 is 7.12 Å². The Kier molecular flexibility index (Phi) is 2.89. The minimum absolute atomic E-state index is 0.0303. The lowest BCUT2D eigenvalue weighted by Gasteiger charge is -1.99. The van der Waals surface area contributed by atoms with Gasteiger partial charge in [-0.25, -0.2) is 4.99 Å². The summed E-state index contributed by atoms with van der Waals surface area (Å²) < 4.78 is 0. The third kappa shape index (κ3) is 2.77. The maximum absolute atomic E-state index is 8.77. The SMILES string of the molecule is NC(N)=Nc1ccc(B(O)O)cc1. The van der Waals surface area contributed by atoms with Crippen LogP contribution in [0.1, 0.15) is 0 Å². The van der Waals surface area contributed by atoms with Crippen molar-refractivity contribution in [1.29, 1.82) is 0 Å². The Hall–Kier alpha value is -1.53. The maximum Gasteiger partial charge on any atom is 0.488 e. The van der Waals surface area contributed by atoms with Crippen LogP contribution >= 0.6 is 0 Å². The van der Waals surface area contributed by atoms with Crippen LogP contribution in [0.15, 0.2) is 29.3 Å². The zero-order valence-corrected chi connectivity index (χ0v) is 6.88. The molecule has 0 saturated carbocycles. The van der Waals surface area contributed by atoms with Crippen molar-refractivity contribution in [2.24, 2.45) is 16.5 Å². The van der Waals surface area contributed by atoms with Crippen molar-refractivity contribution >= 4 is 24.2 Å². The molecule has 5 nitrogen and oxygen atoms in total. The molecule has 0 bridgehead atoms. The van der Waals surface area contributed by atoms with Gasteiger partial charge in [-0.15, -0.1) is 0 Å². The summed E-state index contributed by atoms with van der Waals surface area (Å²) in [6.07, 6.45) is 0. The van der Waals surface area contributed by atoms with Gasteiger partial charge in [0.1, 0.15) is 0 Å². The maximum atomic E-state index is 8.77. The molecule has 0 aliphatic rings. The molecule has 0 unspecified atom stereocenters. The lowest BCUT2D eigenvalue weighted by Crippen LogP contribution is -2.29. The van der Waals surface area contributed by atoms with Crippen molar-refractivity contribution in [2.45, 2.75) is 0 Å². The van der Waals surface area contributed by atoms with Gasteiger partial charge in [0.05, 0.1) is 5.69 Å². The minimum atomic E-state index is -1.46. The van der Waals surface area contributed by atoms with Crippen molar-refractivity contribution < 1.29 is 10.0 Å². The third-order valence-electron chi connectivity index (χ3n) is 1.45. The Morgan fingerprint density at radius 2 is 1.69 bits per heavy atom. The molecular formula is C7H10BN3O2. The van der Waals surface area contributed by atoms with Crippen molar-refractivity contribution in [2.75, 3.05) is 0 Å². The van der Waals surface area contributed by atoms with Crippen molar-refractivity contribution in [3.63, 3.8) is 0 Å². The lowest BCUT2D eigenvalue weighted by atomic mass is 9.80. The predicted molar refractivity (Wildman–Crippen MR) is 51.7 cm³/mol. The summed E-state index contributed by atoms with van der Waals surface area (Å²) >= 11 is 0. The monoisotopic (exact) mass is 179 g/mol. The van der Waals surface area contributed by atoms with Gasteiger partial charge in [-0.2, -0.15) is 0 Å². The van der Waals surface area contributed by atoms with Gasteiger partial charge in [0.2, 0.25) is 0 Å². The second-order valence-electron chi connectivity index (χ2n) is 2.50. The van der Waals surface area contributed by atoms with E-state index in [1.54, 1.807) is 12.1 Å². The smallest absolute Gasteiger partial charge is 0.423 e. The summed E-state index contributed by atoms with van der Waals surface area (Å²) in [5.41, 5.74) is 11.3. The number of rotatable bonds is 2. The quantitative estimate of drug-likeness (QED) is 0.246. The van der Waals surface area contributed by atoms with Crippen LogP contribution in [0, 0.1) is 0 Å². The topological polar surface area (TPSA) is 105 Å². The van der Waals surface area contributed by atoms with Crippen molar-refractivity contribution in [3.8, 4) is 0 Å². The molecule has 6 N–H and O–H groups in total. The molecule has 68 valence electrons. The normalized spacial score (nSPS) is 9.38. The van der Waals surface area contributed by atoms with Crippen LogP contribution in [-0.4, -0.2) is 23.1 Å². The molecule has 0 aliphatic carbocycles. The second kappa shape index (κ2) is 3.93. The lowest BCUT2D eigenvalue weighted by molar-refractivity contribution is 0.426. The largest absolute Gasteiger partial charge is 0.488 e. The summed E-state index contributed by atoms with van der Waals surface area (Å²) in [4.78, 5) is 3.77. The van der Waals surface area contributed by atoms with Gasteiger partial charge in [0.25, 0.3) is 0 Å². The van der Waals surface area contributed by atoms with E-state index in [-0.39, 0.29) is 5.96 Å². The molecule has 0 saturated heterocycles. The first kappa shape index (κ1) is 9.56. The second-order valence-corrected chi connectivity index (χ2v) is 2.50. The van der Waals surface area contributed by atoms with E-state index in [1.165, 1.54) is 12.1 Å². The summed E-state index contributed by atoms with van der Waals surface area (Å²) in [6, 6.07) is 6.25. The van der Waals surface area contributed by atoms with E-state index in [0.717, 1.165) is 0 Å². The Balaban J connectivity index is 2.88. The Morgan fingerprint density at radius 1 is 1.15 bits per heavy atom. The number of nitrogens with zero attached hydrogens (tertiary/aromatic N) is 1. The number of hydrogen-bond acceptors (Lipinski definition) is 3. The van der Waals surface area contributed by atoms with Crippen LogP contribution in [0.2, 0.25) is 0 Å². The van der Waals surface area contributed by atoms with Gasteiger partial charge < -0.3 is 21.5 Å². The van der Waals surface area contributed by atoms with Crippen LogP contribution in [0.3, 0.4) is 0 Å². The average Bonchev–Trinajstić information content (AvgIpc) is 2.04. The molecule has 13 heavy (non-hydrogen) atoms. The highest BCUT2D eigenvalue weighted by Gasteiger charge is 2.09. The van der Waals surface area contributed by atoms with Crippen molar-refractivity contribution in [1.82, 2.24) is 0 Å². The fourth-order valence-electron chi connectivity index (χ4n) is 0.870. The van der Waals surface area contributed by atoms with Crippen LogP contribution < -0.4 is 16.9 Å². The predicted octanol–water partition coefficient (Wildman–Crippen LogP) is -1.73. The number of aliphatic imine (C=N–C) groups is 1. The van der Waals surface area contributed by atoms with Gasteiger partial charge in [-0.05, 0) is 17.6 Å². The summed E-state index contributed by atoms with van der Waals surface area (Å²) in [5.74, 6) is -0.0303. The summed E-state index contributed by atoms with van der Waals surface area (Å²) in [7, 11) is -1.46. The van der Waals surface area contributed by atoms with Gasteiger partial charge >= 0.3 is 7.12 Å². The molecule has 0 aliphatic heterocycles. The molecule has 0 amide bonds. The highest BCUT2D eigenvalue weighted by molar-refractivity contribution is 6.58. The minimum Gasteiger partial charge on any atom is -0.423 e. The third-order valence-corrected chi connectivity index (χ3v) is 1.45. The molecule has 1 aromatic rings. The summed E-state index contributed by atoms with van der Waals surface area (Å²) in [6.45, 7) is 0. The molecular weight excluding hydrogens is 169 g/mol. The Labute approximate surface area is 75.9 Å². The zero-order chi connectivity index (χ0) is 9.84. The van der Waals surface area contributed by atoms with Gasteiger partial charge in [0, 0.05) is 0 Å². The van der Waals surface area contributed by atoms with Crippen molar-refractivity contribution in [3.05, 3.63) is 24.3 Å². The van der Waals surface area contributed by atoms with Gasteiger partial charge in [-0.1, -0.05) is 12.1 Å². The standard InChI is InChI=1S/C7H10BN3O2/c9-7(10)11-6-3-1-5(2-4-6)8(12)13/h1-4,12-13H,(H4,9,10,11). The van der Waals surface area contributed by atoms with Gasteiger partial charge in [-0.3, -0.25) is 0 Å². The molecule has 1 rings (SSSR count). The van der Waals surface area contributed by atoms with Crippen LogP contribution in [0.5, 0.6) is 0 Å². The molecule has 0 radical (unpaired) electrons. The van der Waals surface area contributed by atoms with Gasteiger partial charge in [0.15, 0.2) is 5.96 Å². The molecule has 0 spiro atoms. The number of hydrogen-bond donors (Lipinski definition) is 4. The highest BCUT2D eigenvalue weighted by Crippen LogP contribution is 2.07. The fraction of sp³-hybridized carbons (Fsp3) is 0. The highest BCUT2D eigenvalue weighted by atomic mass is 16.4. The molecule has 0 heterocycles. The van der Waals surface area contributed by atoms with Crippen LogP contribution in [0.25, 0.3) is 0 Å². The van der Waals surface area contributed by atoms with Crippen LogP contribution in [-0.2, 0) is 0 Å². The van der Waals surface area contributed by atoms with E-state index in [0.29, 0.717) is 11.2 Å². The first-order valence-electron chi connectivity index (χ1n) is 3.65. The number of benzene rings is 1. The summed E-state index contributed by atoms with van der Waals surface area (Å²) in [5, 5.41) is 17.5. The average molecular weight is 179 g/mol. The first-order valence-corrected chi connectivity index (χ1v) is 3.65. The molecule has 0 aromatic heterocycles. The van der Waals surface area contributed by atoms with E-state index in [2.05, 4.69) is 4.99 Å². The number of nitrogens with two attached hydrogens (primary N) is 2. The molecule has 6 heteroatoms. The Morgan fingerprint density at radius 3 is 2.08 bits per heavy atom. The Bertz CT molecular complexity index is 306. The van der Waals surface area contributed by atoms with Crippen LogP contribution in [0.4, 0.5) is 5.69 Å². The molecule has 0 fully saturated rings. The molecule has 0 atom stereocenters. The molecule has 1 aromatic carbocycles.